The lowest BCUT2D eigenvalue weighted by atomic mass is 9.98. The van der Waals surface area contributed by atoms with Crippen LogP contribution in [0.1, 0.15) is 67.2 Å². The van der Waals surface area contributed by atoms with Gasteiger partial charge in [0.2, 0.25) is 0 Å². The van der Waals surface area contributed by atoms with E-state index in [1.807, 2.05) is 12.1 Å². The Bertz CT molecular complexity index is 1400. The van der Waals surface area contributed by atoms with Gasteiger partial charge in [0.1, 0.15) is 23.3 Å². The Balaban J connectivity index is 1.15. The molecule has 0 radical (unpaired) electrons. The van der Waals surface area contributed by atoms with E-state index in [2.05, 4.69) is 0 Å². The van der Waals surface area contributed by atoms with Crippen LogP contribution in [0.2, 0.25) is 0 Å². The maximum atomic E-state index is 14.7. The van der Waals surface area contributed by atoms with Crippen molar-refractivity contribution in [3.63, 3.8) is 0 Å². The minimum atomic E-state index is -0.603. The highest BCUT2D eigenvalue weighted by atomic mass is 19.1. The third-order valence-corrected chi connectivity index (χ3v) is 7.24. The lowest BCUT2D eigenvalue weighted by Crippen LogP contribution is -1.96. The van der Waals surface area contributed by atoms with Crippen molar-refractivity contribution in [3.05, 3.63) is 118 Å². The first kappa shape index (κ1) is 29.6. The van der Waals surface area contributed by atoms with Crippen LogP contribution in [-0.4, -0.2) is 0 Å². The molecule has 4 aromatic rings. The van der Waals surface area contributed by atoms with Crippen LogP contribution < -0.4 is 0 Å². The summed E-state index contributed by atoms with van der Waals surface area (Å²) in [5.41, 5.74) is 2.77. The Kier molecular flexibility index (Phi) is 10.3. The summed E-state index contributed by atoms with van der Waals surface area (Å²) < 4.78 is 58.6. The van der Waals surface area contributed by atoms with Crippen molar-refractivity contribution in [2.45, 2.75) is 57.8 Å². The molecule has 0 aromatic heterocycles. The summed E-state index contributed by atoms with van der Waals surface area (Å²) in [6, 6.07) is 21.9. The second-order valence-corrected chi connectivity index (χ2v) is 10.2. The predicted octanol–water partition coefficient (Wildman–Crippen LogP) is 9.84. The summed E-state index contributed by atoms with van der Waals surface area (Å²) in [5.74, 6) is -2.41. The van der Waals surface area contributed by atoms with Crippen molar-refractivity contribution in [3.8, 4) is 34.4 Å². The van der Waals surface area contributed by atoms with Crippen LogP contribution in [0.15, 0.2) is 72.8 Å². The van der Waals surface area contributed by atoms with Crippen LogP contribution in [0.5, 0.6) is 0 Å². The van der Waals surface area contributed by atoms with Crippen LogP contribution in [-0.2, 0) is 12.8 Å². The number of benzene rings is 4. The molecule has 0 aliphatic heterocycles. The van der Waals surface area contributed by atoms with Gasteiger partial charge < -0.3 is 0 Å². The second kappa shape index (κ2) is 14.3. The number of unbranched alkanes of at least 4 members (excludes halogenated alkanes) is 6. The van der Waals surface area contributed by atoms with E-state index in [0.717, 1.165) is 44.9 Å². The van der Waals surface area contributed by atoms with E-state index in [-0.39, 0.29) is 11.1 Å². The molecule has 2 nitrogen and oxygen atoms in total. The molecule has 4 rings (SSSR count). The van der Waals surface area contributed by atoms with Crippen molar-refractivity contribution in [1.82, 2.24) is 0 Å². The molecule has 208 valence electrons. The van der Waals surface area contributed by atoms with Crippen molar-refractivity contribution in [2.75, 3.05) is 0 Å². The standard InChI is InChI=1S/C35H30F4N2/c36-30-18-26(19-31(37)34(30)28-14-10-24(22-40)11-15-28)8-6-4-2-1-3-5-7-9-27-20-32(38)35(33(39)21-27)29-16-12-25(23-41)13-17-29/h10-21H,1-9H2. The lowest BCUT2D eigenvalue weighted by molar-refractivity contribution is 0.567. The maximum Gasteiger partial charge on any atom is 0.134 e. The Morgan fingerprint density at radius 1 is 0.439 bits per heavy atom. The van der Waals surface area contributed by atoms with Gasteiger partial charge in [-0.25, -0.2) is 17.6 Å². The van der Waals surface area contributed by atoms with Crippen LogP contribution >= 0.6 is 0 Å². The summed E-state index contributed by atoms with van der Waals surface area (Å²) >= 11 is 0. The number of hydrogen-bond acceptors (Lipinski definition) is 2. The first-order chi connectivity index (χ1) is 19.9. The van der Waals surface area contributed by atoms with E-state index in [4.69, 9.17) is 10.5 Å². The number of rotatable bonds is 12. The normalized spacial score (nSPS) is 10.8. The zero-order valence-corrected chi connectivity index (χ0v) is 22.7. The average molecular weight is 555 g/mol. The maximum absolute atomic E-state index is 14.7. The van der Waals surface area contributed by atoms with E-state index in [9.17, 15) is 17.6 Å². The van der Waals surface area contributed by atoms with Gasteiger partial charge in [0, 0.05) is 0 Å². The summed E-state index contributed by atoms with van der Waals surface area (Å²) in [6.07, 6.45) is 7.81. The Morgan fingerprint density at radius 3 is 1.02 bits per heavy atom. The van der Waals surface area contributed by atoms with Crippen molar-refractivity contribution < 1.29 is 17.6 Å². The van der Waals surface area contributed by atoms with E-state index >= 15 is 0 Å². The van der Waals surface area contributed by atoms with Crippen molar-refractivity contribution >= 4 is 0 Å². The van der Waals surface area contributed by atoms with Gasteiger partial charge in [0.25, 0.3) is 0 Å². The molecule has 0 spiro atoms. The third-order valence-electron chi connectivity index (χ3n) is 7.24. The number of nitrogens with zero attached hydrogens (tertiary/aromatic N) is 2. The molecule has 0 atom stereocenters. The van der Waals surface area contributed by atoms with Gasteiger partial charge >= 0.3 is 0 Å². The highest BCUT2D eigenvalue weighted by molar-refractivity contribution is 5.67. The quantitative estimate of drug-likeness (QED) is 0.129. The molecule has 0 aliphatic rings. The number of nitriles is 2. The molecule has 6 heteroatoms. The summed E-state index contributed by atoms with van der Waals surface area (Å²) in [5, 5.41) is 17.8. The zero-order valence-electron chi connectivity index (χ0n) is 22.7. The molecule has 0 saturated carbocycles. The molecule has 41 heavy (non-hydrogen) atoms. The van der Waals surface area contributed by atoms with Gasteiger partial charge in [0.15, 0.2) is 0 Å². The summed E-state index contributed by atoms with van der Waals surface area (Å²) in [4.78, 5) is 0. The molecular formula is C35H30F4N2. The van der Waals surface area contributed by atoms with Gasteiger partial charge in [0.05, 0.1) is 34.4 Å². The van der Waals surface area contributed by atoms with Crippen LogP contribution in [0.25, 0.3) is 22.3 Å². The molecule has 0 heterocycles. The number of aryl methyl sites for hydroxylation is 2. The minimum absolute atomic E-state index is 0.0778. The zero-order chi connectivity index (χ0) is 29.2. The largest absolute Gasteiger partial charge is 0.206 e. The van der Waals surface area contributed by atoms with Crippen molar-refractivity contribution in [1.29, 1.82) is 10.5 Å². The SMILES string of the molecule is N#Cc1ccc(-c2c(F)cc(CCCCCCCCCc3cc(F)c(-c4ccc(C#N)cc4)c(F)c3)cc2F)cc1. The topological polar surface area (TPSA) is 47.6 Å². The van der Waals surface area contributed by atoms with Crippen LogP contribution in [0.3, 0.4) is 0 Å². The Morgan fingerprint density at radius 2 is 0.732 bits per heavy atom. The molecule has 0 unspecified atom stereocenters. The molecule has 0 aliphatic carbocycles. The summed E-state index contributed by atoms with van der Waals surface area (Å²) in [6.45, 7) is 0. The third kappa shape index (κ3) is 7.83. The minimum Gasteiger partial charge on any atom is -0.206 e. The smallest absolute Gasteiger partial charge is 0.134 e. The fourth-order valence-corrected chi connectivity index (χ4v) is 5.06. The fraction of sp³-hybridized carbons (Fsp3) is 0.257. The van der Waals surface area contributed by atoms with E-state index in [1.54, 1.807) is 48.5 Å². The number of halogens is 4. The first-order valence-electron chi connectivity index (χ1n) is 13.9. The van der Waals surface area contributed by atoms with Crippen molar-refractivity contribution in [2.24, 2.45) is 0 Å². The monoisotopic (exact) mass is 554 g/mol. The average Bonchev–Trinajstić information content (AvgIpc) is 2.96. The van der Waals surface area contributed by atoms with Gasteiger partial charge in [-0.05, 0) is 96.5 Å². The van der Waals surface area contributed by atoms with Gasteiger partial charge in [-0.15, -0.1) is 0 Å². The highest BCUT2D eigenvalue weighted by Gasteiger charge is 2.15. The second-order valence-electron chi connectivity index (χ2n) is 10.2. The predicted molar refractivity (Wildman–Crippen MR) is 153 cm³/mol. The molecular weight excluding hydrogens is 524 g/mol. The van der Waals surface area contributed by atoms with E-state index in [0.29, 0.717) is 46.2 Å². The van der Waals surface area contributed by atoms with Crippen LogP contribution in [0, 0.1) is 45.9 Å². The molecule has 4 aromatic carbocycles. The van der Waals surface area contributed by atoms with Crippen LogP contribution in [0.4, 0.5) is 17.6 Å². The highest BCUT2D eigenvalue weighted by Crippen LogP contribution is 2.29. The van der Waals surface area contributed by atoms with E-state index in [1.165, 1.54) is 24.3 Å². The van der Waals surface area contributed by atoms with Gasteiger partial charge in [-0.2, -0.15) is 10.5 Å². The number of hydrogen-bond donors (Lipinski definition) is 0. The van der Waals surface area contributed by atoms with E-state index < -0.39 is 23.3 Å². The summed E-state index contributed by atoms with van der Waals surface area (Å²) in [7, 11) is 0. The van der Waals surface area contributed by atoms with Gasteiger partial charge in [-0.1, -0.05) is 56.4 Å². The first-order valence-corrected chi connectivity index (χ1v) is 13.9. The molecule has 0 amide bonds. The molecule has 0 fully saturated rings. The fourth-order valence-electron chi connectivity index (χ4n) is 5.06. The molecule has 0 saturated heterocycles. The Hall–Kier alpha value is -4.42. The van der Waals surface area contributed by atoms with Gasteiger partial charge in [-0.3, -0.25) is 0 Å². The lowest BCUT2D eigenvalue weighted by Gasteiger charge is -2.09. The Labute approximate surface area is 238 Å². The molecule has 0 bridgehead atoms. The molecule has 0 N–H and O–H groups in total.